The maximum atomic E-state index is 13.3. The summed E-state index contributed by atoms with van der Waals surface area (Å²) in [6, 6.07) is 18.0. The third kappa shape index (κ3) is 6.70. The van der Waals surface area contributed by atoms with Crippen molar-refractivity contribution in [2.45, 2.75) is 20.1 Å². The van der Waals surface area contributed by atoms with Gasteiger partial charge in [-0.3, -0.25) is 4.79 Å². The molecule has 0 unspecified atom stereocenters. The van der Waals surface area contributed by atoms with Gasteiger partial charge in [0.15, 0.2) is 17.2 Å². The number of ether oxygens (including phenoxy) is 3. The van der Waals surface area contributed by atoms with Crippen LogP contribution in [0, 0.1) is 5.82 Å². The number of rotatable bonds is 11. The summed E-state index contributed by atoms with van der Waals surface area (Å²) in [6.45, 7) is 1.75. The summed E-state index contributed by atoms with van der Waals surface area (Å²) in [5.41, 5.74) is 10.3. The van der Waals surface area contributed by atoms with E-state index >= 15 is 0 Å². The smallest absolute Gasteiger partial charge is 0.293 e. The third-order valence-corrected chi connectivity index (χ3v) is 6.48. The van der Waals surface area contributed by atoms with E-state index in [2.05, 4.69) is 35.8 Å². The first-order chi connectivity index (χ1) is 20.8. The molecule has 0 aliphatic heterocycles. The van der Waals surface area contributed by atoms with E-state index in [0.717, 1.165) is 10.2 Å². The molecule has 0 saturated carbocycles. The Morgan fingerprint density at radius 3 is 2.58 bits per heavy atom. The highest BCUT2D eigenvalue weighted by Gasteiger charge is 2.24. The van der Waals surface area contributed by atoms with Gasteiger partial charge in [-0.2, -0.15) is 9.78 Å². The highest BCUT2D eigenvalue weighted by atomic mass is 35.5. The zero-order valence-electron chi connectivity index (χ0n) is 22.8. The molecule has 43 heavy (non-hydrogen) atoms. The zero-order chi connectivity index (χ0) is 30.3. The summed E-state index contributed by atoms with van der Waals surface area (Å²) in [6.07, 6.45) is 0. The van der Waals surface area contributed by atoms with E-state index in [1.807, 2.05) is 18.2 Å². The number of nitrogens with two attached hydrogens (primary N) is 1. The standard InChI is InChI=1S/C28H24ClFN8O5/c1-16(17-7-12-23(24(13-17)40-2)42-14-18-5-3-4-6-21(18)29)32-34-28(39)25-22(15-41-20-10-8-19(30)9-11-20)38(37-33-25)27-26(31)35-43-36-27/h3-13H,14-15H2,1-2H3,(H2,31,35)(H,34,39)/b32-16+. The number of hydrogen-bond acceptors (Lipinski definition) is 11. The third-order valence-electron chi connectivity index (χ3n) is 6.11. The van der Waals surface area contributed by atoms with E-state index in [9.17, 15) is 9.18 Å². The SMILES string of the molecule is COc1cc(/C(C)=N/NC(=O)c2nnn(-c3nonc3N)c2COc2ccc(F)cc2)ccc1OCc1ccccc1Cl. The van der Waals surface area contributed by atoms with E-state index in [1.165, 1.54) is 31.4 Å². The molecular formula is C28H24ClFN8O5. The van der Waals surface area contributed by atoms with Crippen LogP contribution in [-0.2, 0) is 13.2 Å². The Bertz CT molecular complexity index is 1770. The molecule has 0 aliphatic carbocycles. The number of methoxy groups -OCH3 is 1. The normalized spacial score (nSPS) is 11.3. The molecule has 0 bridgehead atoms. The lowest BCUT2D eigenvalue weighted by atomic mass is 10.1. The number of anilines is 1. The van der Waals surface area contributed by atoms with Crippen LogP contribution >= 0.6 is 11.6 Å². The minimum Gasteiger partial charge on any atom is -0.493 e. The van der Waals surface area contributed by atoms with Crippen LogP contribution in [0.5, 0.6) is 17.2 Å². The van der Waals surface area contributed by atoms with E-state index < -0.39 is 11.7 Å². The quantitative estimate of drug-likeness (QED) is 0.163. The highest BCUT2D eigenvalue weighted by molar-refractivity contribution is 6.31. The molecule has 3 aromatic carbocycles. The predicted molar refractivity (Wildman–Crippen MR) is 153 cm³/mol. The number of halogens is 2. The second-order valence-corrected chi connectivity index (χ2v) is 9.30. The molecule has 0 atom stereocenters. The first-order valence-corrected chi connectivity index (χ1v) is 13.0. The van der Waals surface area contributed by atoms with Gasteiger partial charge in [-0.05, 0) is 65.8 Å². The summed E-state index contributed by atoms with van der Waals surface area (Å²) < 4.78 is 36.3. The van der Waals surface area contributed by atoms with Crippen LogP contribution in [0.2, 0.25) is 5.02 Å². The van der Waals surface area contributed by atoms with Gasteiger partial charge in [0.2, 0.25) is 11.6 Å². The maximum Gasteiger partial charge on any atom is 0.293 e. The fraction of sp³-hybridized carbons (Fsp3) is 0.143. The van der Waals surface area contributed by atoms with Crippen molar-refractivity contribution in [3.8, 4) is 23.1 Å². The van der Waals surface area contributed by atoms with Gasteiger partial charge in [-0.15, -0.1) is 5.10 Å². The Labute approximate surface area is 249 Å². The van der Waals surface area contributed by atoms with Crippen molar-refractivity contribution in [2.24, 2.45) is 5.10 Å². The van der Waals surface area contributed by atoms with Crippen molar-refractivity contribution in [1.82, 2.24) is 30.7 Å². The zero-order valence-corrected chi connectivity index (χ0v) is 23.6. The Hall–Kier alpha value is -5.50. The molecule has 0 spiro atoms. The molecule has 0 fully saturated rings. The van der Waals surface area contributed by atoms with Crippen LogP contribution in [0.25, 0.3) is 5.82 Å². The summed E-state index contributed by atoms with van der Waals surface area (Å²) in [5, 5.41) is 20.0. The molecular weight excluding hydrogens is 583 g/mol. The van der Waals surface area contributed by atoms with Crippen molar-refractivity contribution in [2.75, 3.05) is 12.8 Å². The van der Waals surface area contributed by atoms with E-state index in [-0.39, 0.29) is 36.2 Å². The van der Waals surface area contributed by atoms with Gasteiger partial charge in [-0.1, -0.05) is 35.0 Å². The summed E-state index contributed by atoms with van der Waals surface area (Å²) in [5.74, 6) is 0.124. The Morgan fingerprint density at radius 1 is 1.07 bits per heavy atom. The topological polar surface area (TPSA) is 165 Å². The van der Waals surface area contributed by atoms with Gasteiger partial charge in [-0.25, -0.2) is 14.4 Å². The van der Waals surface area contributed by atoms with Crippen LogP contribution in [-0.4, -0.2) is 44.0 Å². The van der Waals surface area contributed by atoms with E-state index in [4.69, 9.17) is 31.5 Å². The maximum absolute atomic E-state index is 13.3. The van der Waals surface area contributed by atoms with Gasteiger partial charge in [0.05, 0.1) is 12.8 Å². The van der Waals surface area contributed by atoms with Gasteiger partial charge in [0.25, 0.3) is 5.91 Å². The summed E-state index contributed by atoms with van der Waals surface area (Å²) >= 11 is 6.22. The molecule has 5 rings (SSSR count). The molecule has 1 amide bonds. The van der Waals surface area contributed by atoms with Crippen LogP contribution in [0.15, 0.2) is 76.5 Å². The lowest BCUT2D eigenvalue weighted by Gasteiger charge is -2.13. The lowest BCUT2D eigenvalue weighted by Crippen LogP contribution is -2.22. The molecule has 0 saturated heterocycles. The van der Waals surface area contributed by atoms with E-state index in [0.29, 0.717) is 33.5 Å². The number of hydrogen-bond donors (Lipinski definition) is 2. The van der Waals surface area contributed by atoms with Crippen molar-refractivity contribution in [3.05, 3.63) is 100 Å². The monoisotopic (exact) mass is 606 g/mol. The predicted octanol–water partition coefficient (Wildman–Crippen LogP) is 4.35. The Morgan fingerprint density at radius 2 is 1.86 bits per heavy atom. The number of hydrazone groups is 1. The van der Waals surface area contributed by atoms with Crippen LogP contribution in [0.1, 0.15) is 34.2 Å². The van der Waals surface area contributed by atoms with Gasteiger partial charge >= 0.3 is 0 Å². The number of carbonyl (C=O) groups is 1. The van der Waals surface area contributed by atoms with E-state index in [1.54, 1.807) is 31.2 Å². The van der Waals surface area contributed by atoms with Crippen molar-refractivity contribution >= 4 is 29.0 Å². The highest BCUT2D eigenvalue weighted by Crippen LogP contribution is 2.30. The minimum absolute atomic E-state index is 0.00729. The van der Waals surface area contributed by atoms with Crippen LogP contribution < -0.4 is 25.4 Å². The largest absolute Gasteiger partial charge is 0.493 e. The molecule has 5 aromatic rings. The molecule has 13 nitrogen and oxygen atoms in total. The van der Waals surface area contributed by atoms with Crippen LogP contribution in [0.4, 0.5) is 10.2 Å². The molecule has 2 aromatic heterocycles. The number of aromatic nitrogens is 5. The van der Waals surface area contributed by atoms with Crippen LogP contribution in [0.3, 0.4) is 0 Å². The average Bonchev–Trinajstić information content (AvgIpc) is 3.64. The molecule has 220 valence electrons. The minimum atomic E-state index is -0.690. The average molecular weight is 607 g/mol. The number of carbonyl (C=O) groups excluding carboxylic acids is 1. The van der Waals surface area contributed by atoms with Crippen molar-refractivity contribution in [1.29, 1.82) is 0 Å². The number of nitrogens with zero attached hydrogens (tertiary/aromatic N) is 6. The first-order valence-electron chi connectivity index (χ1n) is 12.6. The second kappa shape index (κ2) is 13.0. The summed E-state index contributed by atoms with van der Waals surface area (Å²) in [4.78, 5) is 13.2. The second-order valence-electron chi connectivity index (χ2n) is 8.90. The molecule has 0 radical (unpaired) electrons. The van der Waals surface area contributed by atoms with Gasteiger partial charge in [0.1, 0.15) is 30.5 Å². The molecule has 0 aliphatic rings. The van der Waals surface area contributed by atoms with Crippen molar-refractivity contribution in [3.63, 3.8) is 0 Å². The fourth-order valence-corrected chi connectivity index (χ4v) is 4.02. The lowest BCUT2D eigenvalue weighted by molar-refractivity contribution is 0.0947. The summed E-state index contributed by atoms with van der Waals surface area (Å²) in [7, 11) is 1.52. The number of nitrogen functional groups attached to an aromatic ring is 1. The molecule has 3 N–H and O–H groups in total. The van der Waals surface area contributed by atoms with Crippen molar-refractivity contribution < 1.29 is 28.0 Å². The number of amides is 1. The van der Waals surface area contributed by atoms with Gasteiger partial charge < -0.3 is 19.9 Å². The van der Waals surface area contributed by atoms with Gasteiger partial charge in [0, 0.05) is 16.1 Å². The Kier molecular flexibility index (Phi) is 8.77. The molecule has 2 heterocycles. The Balaban J connectivity index is 1.33. The number of benzene rings is 3. The first kappa shape index (κ1) is 29.0. The molecule has 15 heteroatoms. The fourth-order valence-electron chi connectivity index (χ4n) is 3.83. The number of nitrogens with one attached hydrogen (secondary N) is 1.